The number of carbonyl (C=O) groups excluding carboxylic acids is 2. The fraction of sp³-hybridized carbons (Fsp3) is 0.556. The number of nitrogens with zero attached hydrogens (tertiary/aromatic N) is 1. The van der Waals surface area contributed by atoms with Gasteiger partial charge in [0.2, 0.25) is 0 Å². The quantitative estimate of drug-likeness (QED) is 0.793. The molecule has 0 aromatic heterocycles. The summed E-state index contributed by atoms with van der Waals surface area (Å²) in [4.78, 5) is 26.6. The second kappa shape index (κ2) is 7.11. The first-order valence-corrected chi connectivity index (χ1v) is 8.46. The van der Waals surface area contributed by atoms with Crippen molar-refractivity contribution in [3.8, 4) is 11.5 Å². The zero-order chi connectivity index (χ0) is 17.1. The molecule has 0 saturated carbocycles. The minimum atomic E-state index is -0.236. The van der Waals surface area contributed by atoms with Crippen LogP contribution in [0.15, 0.2) is 12.1 Å². The molecule has 1 unspecified atom stereocenters. The van der Waals surface area contributed by atoms with Crippen LogP contribution in [0.5, 0.6) is 11.5 Å². The first-order chi connectivity index (χ1) is 11.6. The molecule has 3 rings (SSSR count). The number of aryl methyl sites for hydroxylation is 1. The fourth-order valence-corrected chi connectivity index (χ4v) is 3.21. The van der Waals surface area contributed by atoms with E-state index in [4.69, 9.17) is 14.2 Å². The van der Waals surface area contributed by atoms with Crippen LogP contribution in [0.1, 0.15) is 35.7 Å². The third-order valence-corrected chi connectivity index (χ3v) is 4.45. The Morgan fingerprint density at radius 1 is 1.25 bits per heavy atom. The second-order valence-electron chi connectivity index (χ2n) is 6.15. The predicted octanol–water partition coefficient (Wildman–Crippen LogP) is 2.18. The van der Waals surface area contributed by atoms with Crippen LogP contribution < -0.4 is 9.47 Å². The van der Waals surface area contributed by atoms with Gasteiger partial charge in [-0.3, -0.25) is 9.59 Å². The second-order valence-corrected chi connectivity index (χ2v) is 6.15. The lowest BCUT2D eigenvalue weighted by Gasteiger charge is -2.32. The van der Waals surface area contributed by atoms with Gasteiger partial charge in [0.15, 0.2) is 11.5 Å². The summed E-state index contributed by atoms with van der Waals surface area (Å²) in [6.45, 7) is 6.12. The van der Waals surface area contributed by atoms with Gasteiger partial charge in [0, 0.05) is 18.7 Å². The van der Waals surface area contributed by atoms with Crippen molar-refractivity contribution >= 4 is 11.9 Å². The van der Waals surface area contributed by atoms with E-state index in [2.05, 4.69) is 0 Å². The van der Waals surface area contributed by atoms with Gasteiger partial charge in [0.05, 0.1) is 12.5 Å². The molecule has 1 fully saturated rings. The van der Waals surface area contributed by atoms with Gasteiger partial charge in [0.1, 0.15) is 13.2 Å². The Morgan fingerprint density at radius 3 is 2.67 bits per heavy atom. The Bertz CT molecular complexity index is 643. The number of benzene rings is 1. The lowest BCUT2D eigenvalue weighted by Crippen LogP contribution is -2.43. The summed E-state index contributed by atoms with van der Waals surface area (Å²) in [7, 11) is 0. The van der Waals surface area contributed by atoms with Crippen molar-refractivity contribution in [3.05, 3.63) is 23.3 Å². The average Bonchev–Trinajstić information content (AvgIpc) is 2.61. The molecule has 0 radical (unpaired) electrons. The monoisotopic (exact) mass is 333 g/mol. The maximum absolute atomic E-state index is 12.9. The van der Waals surface area contributed by atoms with Crippen LogP contribution in [0.2, 0.25) is 0 Å². The van der Waals surface area contributed by atoms with Gasteiger partial charge < -0.3 is 19.1 Å². The maximum Gasteiger partial charge on any atom is 0.310 e. The Balaban J connectivity index is 1.77. The zero-order valence-electron chi connectivity index (χ0n) is 14.2. The molecular weight excluding hydrogens is 310 g/mol. The van der Waals surface area contributed by atoms with E-state index in [0.29, 0.717) is 50.0 Å². The maximum atomic E-state index is 12.9. The number of piperidine rings is 1. The fourth-order valence-electron chi connectivity index (χ4n) is 3.21. The standard InChI is InChI=1S/C18H23NO5/c1-3-22-18(21)13-5-4-6-19(11-13)17(20)14-10-16-15(9-12(14)2)23-7-8-24-16/h9-10,13H,3-8,11H2,1-2H3. The van der Waals surface area contributed by atoms with E-state index in [-0.39, 0.29) is 17.8 Å². The molecule has 0 aliphatic carbocycles. The largest absolute Gasteiger partial charge is 0.486 e. The molecule has 24 heavy (non-hydrogen) atoms. The summed E-state index contributed by atoms with van der Waals surface area (Å²) >= 11 is 0. The summed E-state index contributed by atoms with van der Waals surface area (Å²) in [5, 5.41) is 0. The lowest BCUT2D eigenvalue weighted by atomic mass is 9.96. The molecule has 0 spiro atoms. The molecule has 6 nitrogen and oxygen atoms in total. The van der Waals surface area contributed by atoms with Gasteiger partial charge in [0.25, 0.3) is 5.91 Å². The average molecular weight is 333 g/mol. The van der Waals surface area contributed by atoms with Crippen LogP contribution >= 0.6 is 0 Å². The van der Waals surface area contributed by atoms with Crippen LogP contribution in [0.25, 0.3) is 0 Å². The van der Waals surface area contributed by atoms with Crippen molar-refractivity contribution in [1.82, 2.24) is 4.90 Å². The Labute approximate surface area is 141 Å². The van der Waals surface area contributed by atoms with E-state index in [9.17, 15) is 9.59 Å². The van der Waals surface area contributed by atoms with Crippen LogP contribution in [-0.4, -0.2) is 49.7 Å². The van der Waals surface area contributed by atoms with Gasteiger partial charge >= 0.3 is 5.97 Å². The van der Waals surface area contributed by atoms with Crippen LogP contribution in [0.3, 0.4) is 0 Å². The zero-order valence-corrected chi connectivity index (χ0v) is 14.2. The number of ether oxygens (including phenoxy) is 3. The highest BCUT2D eigenvalue weighted by atomic mass is 16.6. The van der Waals surface area contributed by atoms with Gasteiger partial charge in [-0.05, 0) is 44.4 Å². The van der Waals surface area contributed by atoms with Crippen LogP contribution in [0, 0.1) is 12.8 Å². The Hall–Kier alpha value is -2.24. The molecule has 0 N–H and O–H groups in total. The number of hydrogen-bond donors (Lipinski definition) is 0. The van der Waals surface area contributed by atoms with Gasteiger partial charge in [-0.25, -0.2) is 0 Å². The SMILES string of the molecule is CCOC(=O)C1CCCN(C(=O)c2cc3c(cc2C)OCCO3)C1. The van der Waals surface area contributed by atoms with Crippen molar-refractivity contribution in [2.75, 3.05) is 32.9 Å². The molecule has 1 amide bonds. The third kappa shape index (κ3) is 3.32. The summed E-state index contributed by atoms with van der Waals surface area (Å²) in [5.41, 5.74) is 1.45. The van der Waals surface area contributed by atoms with E-state index in [1.807, 2.05) is 13.0 Å². The lowest BCUT2D eigenvalue weighted by molar-refractivity contribution is -0.149. The summed E-state index contributed by atoms with van der Waals surface area (Å²) in [6.07, 6.45) is 1.57. The summed E-state index contributed by atoms with van der Waals surface area (Å²) in [5.74, 6) is 0.764. The van der Waals surface area contributed by atoms with Crippen LogP contribution in [-0.2, 0) is 9.53 Å². The van der Waals surface area contributed by atoms with E-state index in [1.165, 1.54) is 0 Å². The molecule has 130 valence electrons. The highest BCUT2D eigenvalue weighted by Crippen LogP contribution is 2.34. The molecule has 2 heterocycles. The molecule has 1 atom stereocenters. The number of rotatable bonds is 3. The molecule has 1 aromatic rings. The molecule has 1 aromatic carbocycles. The van der Waals surface area contributed by atoms with E-state index >= 15 is 0 Å². The third-order valence-electron chi connectivity index (χ3n) is 4.45. The van der Waals surface area contributed by atoms with Gasteiger partial charge in [-0.15, -0.1) is 0 Å². The van der Waals surface area contributed by atoms with E-state index in [0.717, 1.165) is 18.4 Å². The van der Waals surface area contributed by atoms with Crippen molar-refractivity contribution in [1.29, 1.82) is 0 Å². The Kier molecular flexibility index (Phi) is 4.92. The minimum absolute atomic E-state index is 0.0709. The normalized spacial score (nSPS) is 19.8. The van der Waals surface area contributed by atoms with E-state index < -0.39 is 0 Å². The van der Waals surface area contributed by atoms with Crippen molar-refractivity contribution in [2.45, 2.75) is 26.7 Å². The first kappa shape index (κ1) is 16.6. The van der Waals surface area contributed by atoms with Gasteiger partial charge in [-0.1, -0.05) is 0 Å². The van der Waals surface area contributed by atoms with Crippen molar-refractivity contribution < 1.29 is 23.8 Å². The highest BCUT2D eigenvalue weighted by Gasteiger charge is 2.31. The number of carbonyl (C=O) groups is 2. The smallest absolute Gasteiger partial charge is 0.310 e. The van der Waals surface area contributed by atoms with Crippen molar-refractivity contribution in [3.63, 3.8) is 0 Å². The molecule has 1 saturated heterocycles. The highest BCUT2D eigenvalue weighted by molar-refractivity contribution is 5.96. The molecule has 6 heteroatoms. The number of fused-ring (bicyclic) bond motifs is 1. The number of hydrogen-bond acceptors (Lipinski definition) is 5. The van der Waals surface area contributed by atoms with Crippen LogP contribution in [0.4, 0.5) is 0 Å². The molecule has 2 aliphatic heterocycles. The first-order valence-electron chi connectivity index (χ1n) is 8.46. The number of likely N-dealkylation sites (tertiary alicyclic amines) is 1. The number of esters is 1. The Morgan fingerprint density at radius 2 is 1.96 bits per heavy atom. The topological polar surface area (TPSA) is 65.1 Å². The van der Waals surface area contributed by atoms with Gasteiger partial charge in [-0.2, -0.15) is 0 Å². The molecular formula is C18H23NO5. The molecule has 0 bridgehead atoms. The summed E-state index contributed by atoms with van der Waals surface area (Å²) < 4.78 is 16.2. The number of amides is 1. The predicted molar refractivity (Wildman–Crippen MR) is 87.4 cm³/mol. The molecule has 2 aliphatic rings. The van der Waals surface area contributed by atoms with E-state index in [1.54, 1.807) is 17.9 Å². The van der Waals surface area contributed by atoms with Crippen molar-refractivity contribution in [2.24, 2.45) is 5.92 Å². The minimum Gasteiger partial charge on any atom is -0.486 e. The summed E-state index contributed by atoms with van der Waals surface area (Å²) in [6, 6.07) is 3.59.